The lowest BCUT2D eigenvalue weighted by atomic mass is 9.95. The van der Waals surface area contributed by atoms with E-state index in [9.17, 15) is 34.2 Å². The van der Waals surface area contributed by atoms with Crippen molar-refractivity contribution in [1.29, 1.82) is 0 Å². The van der Waals surface area contributed by atoms with Gasteiger partial charge in [-0.3, -0.25) is 19.3 Å². The number of nitrogens with zero attached hydrogens (tertiary/aromatic N) is 2. The zero-order chi connectivity index (χ0) is 32.7. The van der Waals surface area contributed by atoms with E-state index < -0.39 is 64.1 Å². The summed E-state index contributed by atoms with van der Waals surface area (Å²) in [4.78, 5) is 68.8. The van der Waals surface area contributed by atoms with E-state index >= 15 is 0 Å². The van der Waals surface area contributed by atoms with E-state index in [1.165, 1.54) is 45.8 Å². The minimum Gasteiger partial charge on any atom is -0.508 e. The molecule has 3 unspecified atom stereocenters. The zero-order valence-corrected chi connectivity index (χ0v) is 25.8. The molecule has 0 saturated carbocycles. The van der Waals surface area contributed by atoms with Gasteiger partial charge in [-0.15, -0.1) is 11.8 Å². The van der Waals surface area contributed by atoms with Gasteiger partial charge in [-0.25, -0.2) is 9.59 Å². The number of rotatable bonds is 8. The van der Waals surface area contributed by atoms with Gasteiger partial charge in [0.1, 0.15) is 41.9 Å². The Morgan fingerprint density at radius 1 is 1.00 bits per heavy atom. The van der Waals surface area contributed by atoms with Crippen LogP contribution < -0.4 is 10.6 Å². The largest absolute Gasteiger partial charge is 0.508 e. The van der Waals surface area contributed by atoms with E-state index in [4.69, 9.17) is 4.74 Å². The lowest BCUT2D eigenvalue weighted by Crippen LogP contribution is -2.71. The number of hydrogen-bond donors (Lipinski definition) is 4. The molecule has 5 atom stereocenters. The van der Waals surface area contributed by atoms with Crippen LogP contribution in [0.2, 0.25) is 0 Å². The van der Waals surface area contributed by atoms with E-state index in [0.717, 1.165) is 11.1 Å². The van der Waals surface area contributed by atoms with Gasteiger partial charge in [-0.2, -0.15) is 0 Å². The van der Waals surface area contributed by atoms with Crippen molar-refractivity contribution in [1.82, 2.24) is 20.4 Å². The monoisotopic (exact) mass is 644 g/mol. The predicted octanol–water partition coefficient (Wildman–Crippen LogP) is 3.07. The minimum absolute atomic E-state index is 0.00452. The van der Waals surface area contributed by atoms with Crippen molar-refractivity contribution in [2.45, 2.75) is 61.3 Å². The minimum atomic E-state index is -1.32. The van der Waals surface area contributed by atoms with Crippen molar-refractivity contribution >= 4 is 41.5 Å². The number of carbonyl (C=O) groups is 5. The first-order chi connectivity index (χ1) is 22.0. The van der Waals surface area contributed by atoms with Crippen LogP contribution in [-0.4, -0.2) is 72.0 Å². The third-order valence-corrected chi connectivity index (χ3v) is 10.0. The maximum absolute atomic E-state index is 14.0. The summed E-state index contributed by atoms with van der Waals surface area (Å²) in [6, 6.07) is 17.4. The smallest absolute Gasteiger partial charge is 0.411 e. The highest BCUT2D eigenvalue weighted by Crippen LogP contribution is 2.50. The summed E-state index contributed by atoms with van der Waals surface area (Å²) >= 11 is 1.28. The molecule has 0 spiro atoms. The first-order valence-corrected chi connectivity index (χ1v) is 15.5. The van der Waals surface area contributed by atoms with Gasteiger partial charge < -0.3 is 30.5 Å². The fraction of sp³-hybridized carbons (Fsp3) is 0.303. The molecule has 3 aromatic rings. The lowest BCUT2D eigenvalue weighted by molar-refractivity contribution is -0.161. The Morgan fingerprint density at radius 3 is 2.37 bits per heavy atom. The maximum atomic E-state index is 14.0. The number of hydrogen-bond acceptors (Lipinski definition) is 8. The molecular formula is C33H32N4O8S. The first-order valence-electron chi connectivity index (χ1n) is 14.6. The van der Waals surface area contributed by atoms with Crippen molar-refractivity contribution in [3.8, 4) is 5.75 Å². The second-order valence-corrected chi connectivity index (χ2v) is 13.7. The standard InChI is InChI=1S/C33H32N4O8S/c1-33(2)26(31(42)43)37-29(41)24(30(37)46-33)35-27(39)23(19-12-14-21(38)15-13-19)34-28(40)25-22-11-7-6-10-20(22)16-36(25)32(44)45-17-18-8-4-3-5-9-18/h3-15,23-26,30,38H,16-17H2,1-2H3,(H,34,40)(H,35,39)(H,42,43)/t23?,24?,25?,26-,30+/m0/s1. The number of phenolic OH excluding ortho intramolecular Hbond substituents is 1. The number of thioether (sulfide) groups is 1. The second kappa shape index (κ2) is 12.0. The van der Waals surface area contributed by atoms with Crippen LogP contribution in [0.25, 0.3) is 0 Å². The average Bonchev–Trinajstić information content (AvgIpc) is 3.55. The number of β-lactam (4-membered cyclic amide) rings is 1. The van der Waals surface area contributed by atoms with Crippen molar-refractivity contribution < 1.29 is 38.9 Å². The molecule has 46 heavy (non-hydrogen) atoms. The summed E-state index contributed by atoms with van der Waals surface area (Å²) in [5.74, 6) is -3.08. The average molecular weight is 645 g/mol. The van der Waals surface area contributed by atoms with Crippen LogP contribution in [0, 0.1) is 0 Å². The van der Waals surface area contributed by atoms with E-state index in [-0.39, 0.29) is 18.9 Å². The molecule has 0 radical (unpaired) electrons. The van der Waals surface area contributed by atoms with Gasteiger partial charge in [0.2, 0.25) is 17.7 Å². The highest BCUT2D eigenvalue weighted by Gasteiger charge is 2.64. The van der Waals surface area contributed by atoms with Crippen LogP contribution in [0.1, 0.15) is 48.2 Å². The summed E-state index contributed by atoms with van der Waals surface area (Å²) in [6.45, 7) is 3.58. The number of ether oxygens (including phenoxy) is 1. The molecule has 6 rings (SSSR count). The summed E-state index contributed by atoms with van der Waals surface area (Å²) in [5.41, 5.74) is 2.43. The van der Waals surface area contributed by atoms with Crippen LogP contribution in [0.3, 0.4) is 0 Å². The van der Waals surface area contributed by atoms with Gasteiger partial charge in [-0.05, 0) is 48.2 Å². The van der Waals surface area contributed by atoms with Gasteiger partial charge in [0.05, 0.1) is 6.54 Å². The molecule has 2 fully saturated rings. The Labute approximate surface area is 268 Å². The third-order valence-electron chi connectivity index (χ3n) is 8.44. The van der Waals surface area contributed by atoms with E-state index in [0.29, 0.717) is 11.1 Å². The number of phenols is 1. The summed E-state index contributed by atoms with van der Waals surface area (Å²) in [5, 5.41) is 24.5. The topological polar surface area (TPSA) is 166 Å². The van der Waals surface area contributed by atoms with Crippen LogP contribution in [0.4, 0.5) is 4.79 Å². The number of fused-ring (bicyclic) bond motifs is 2. The molecule has 238 valence electrons. The fourth-order valence-corrected chi connectivity index (χ4v) is 7.84. The number of nitrogens with one attached hydrogen (secondary N) is 2. The van der Waals surface area contributed by atoms with Gasteiger partial charge in [0.25, 0.3) is 0 Å². The molecule has 0 aromatic heterocycles. The molecule has 12 nitrogen and oxygen atoms in total. The first kappa shape index (κ1) is 31.0. The molecule has 4 amide bonds. The number of benzene rings is 3. The molecule has 3 aromatic carbocycles. The molecule has 4 N–H and O–H groups in total. The number of carbonyl (C=O) groups excluding carboxylic acids is 4. The Bertz CT molecular complexity index is 1700. The molecule has 0 bridgehead atoms. The van der Waals surface area contributed by atoms with Crippen LogP contribution in [0.15, 0.2) is 78.9 Å². The molecule has 13 heteroatoms. The quantitative estimate of drug-likeness (QED) is 0.270. The molecule has 0 aliphatic carbocycles. The lowest BCUT2D eigenvalue weighted by Gasteiger charge is -2.44. The van der Waals surface area contributed by atoms with Crippen molar-refractivity contribution in [2.75, 3.05) is 0 Å². The summed E-state index contributed by atoms with van der Waals surface area (Å²) in [6.07, 6.45) is -0.708. The number of aromatic hydroxyl groups is 1. The third kappa shape index (κ3) is 5.62. The van der Waals surface area contributed by atoms with Crippen molar-refractivity contribution in [3.63, 3.8) is 0 Å². The van der Waals surface area contributed by atoms with Crippen LogP contribution in [0.5, 0.6) is 5.75 Å². The SMILES string of the molecule is CC1(C)S[C@@H]2C(NC(=O)C(NC(=O)C3c4ccccc4CN3C(=O)OCc3ccccc3)c3ccc(O)cc3)C(=O)N2[C@H]1C(=O)O. The van der Waals surface area contributed by atoms with E-state index in [2.05, 4.69) is 10.6 Å². The van der Waals surface area contributed by atoms with Gasteiger partial charge >= 0.3 is 12.1 Å². The molecule has 2 saturated heterocycles. The predicted molar refractivity (Wildman–Crippen MR) is 166 cm³/mol. The molecule has 3 heterocycles. The molecule has 3 aliphatic rings. The number of amides is 4. The number of carboxylic acids is 1. The Balaban J connectivity index is 1.23. The van der Waals surface area contributed by atoms with Crippen molar-refractivity contribution in [3.05, 3.63) is 101 Å². The Kier molecular flexibility index (Phi) is 8.11. The molecule has 3 aliphatic heterocycles. The number of carboxylic acid groups (broad SMARTS) is 1. The van der Waals surface area contributed by atoms with Gasteiger partial charge in [-0.1, -0.05) is 66.7 Å². The van der Waals surface area contributed by atoms with Crippen LogP contribution in [-0.2, 0) is 37.1 Å². The molecular weight excluding hydrogens is 612 g/mol. The van der Waals surface area contributed by atoms with E-state index in [1.807, 2.05) is 36.4 Å². The highest BCUT2D eigenvalue weighted by molar-refractivity contribution is 8.01. The van der Waals surface area contributed by atoms with E-state index in [1.54, 1.807) is 32.0 Å². The Morgan fingerprint density at radius 2 is 1.67 bits per heavy atom. The maximum Gasteiger partial charge on any atom is 0.411 e. The Hall–Kier alpha value is -5.04. The number of aliphatic carboxylic acids is 1. The zero-order valence-electron chi connectivity index (χ0n) is 25.0. The second-order valence-electron chi connectivity index (χ2n) is 11.9. The van der Waals surface area contributed by atoms with Gasteiger partial charge in [0.15, 0.2) is 0 Å². The summed E-state index contributed by atoms with van der Waals surface area (Å²) < 4.78 is 4.77. The van der Waals surface area contributed by atoms with Crippen LogP contribution >= 0.6 is 11.8 Å². The highest BCUT2D eigenvalue weighted by atomic mass is 32.2. The fourth-order valence-electron chi connectivity index (χ4n) is 6.21. The van der Waals surface area contributed by atoms with Gasteiger partial charge in [0, 0.05) is 4.75 Å². The van der Waals surface area contributed by atoms with Crippen molar-refractivity contribution in [2.24, 2.45) is 0 Å². The normalized spacial score (nSPS) is 23.0. The summed E-state index contributed by atoms with van der Waals surface area (Å²) in [7, 11) is 0.